The Balaban J connectivity index is 1.28. The summed E-state index contributed by atoms with van der Waals surface area (Å²) in [5.74, 6) is -0.0740. The quantitative estimate of drug-likeness (QED) is 0.657. The standard InChI is InChI=1S/C19H19FN4O3S/c1-10(25)19-23-22-17(28-19)8-11-6-14(7-11)21-18(26)16-9-15(24-27-16)12-2-4-13(20)5-3-12/h2-5,9-11,14,25H,6-8H2,1H3,(H,21,26)/t10-,11-,14+/m1/s1. The number of hydrogen-bond donors (Lipinski definition) is 2. The van der Waals surface area contributed by atoms with Crippen molar-refractivity contribution < 1.29 is 18.8 Å². The Hall–Kier alpha value is -2.65. The van der Waals surface area contributed by atoms with Gasteiger partial charge >= 0.3 is 0 Å². The van der Waals surface area contributed by atoms with Gasteiger partial charge in [-0.15, -0.1) is 10.2 Å². The van der Waals surface area contributed by atoms with E-state index in [1.54, 1.807) is 25.1 Å². The van der Waals surface area contributed by atoms with Gasteiger partial charge in [0.2, 0.25) is 5.76 Å². The molecule has 4 rings (SSSR count). The molecule has 0 saturated heterocycles. The summed E-state index contributed by atoms with van der Waals surface area (Å²) < 4.78 is 18.1. The number of carbonyl (C=O) groups excluding carboxylic acids is 1. The van der Waals surface area contributed by atoms with E-state index in [9.17, 15) is 14.3 Å². The Labute approximate surface area is 164 Å². The van der Waals surface area contributed by atoms with Crippen molar-refractivity contribution in [1.29, 1.82) is 0 Å². The van der Waals surface area contributed by atoms with Crippen LogP contribution < -0.4 is 5.32 Å². The van der Waals surface area contributed by atoms with Crippen molar-refractivity contribution in [3.8, 4) is 11.3 Å². The predicted molar refractivity (Wildman–Crippen MR) is 100 cm³/mol. The highest BCUT2D eigenvalue weighted by Crippen LogP contribution is 2.32. The molecule has 1 aliphatic carbocycles. The average molecular weight is 402 g/mol. The van der Waals surface area contributed by atoms with Crippen LogP contribution in [0.2, 0.25) is 0 Å². The lowest BCUT2D eigenvalue weighted by atomic mass is 9.78. The van der Waals surface area contributed by atoms with Crippen molar-refractivity contribution in [1.82, 2.24) is 20.7 Å². The van der Waals surface area contributed by atoms with E-state index >= 15 is 0 Å². The highest BCUT2D eigenvalue weighted by atomic mass is 32.1. The number of carbonyl (C=O) groups is 1. The summed E-state index contributed by atoms with van der Waals surface area (Å²) in [6, 6.07) is 7.48. The van der Waals surface area contributed by atoms with E-state index in [1.807, 2.05) is 0 Å². The van der Waals surface area contributed by atoms with Crippen molar-refractivity contribution in [3.05, 3.63) is 51.9 Å². The molecular formula is C19H19FN4O3S. The van der Waals surface area contributed by atoms with Gasteiger partial charge in [-0.3, -0.25) is 4.79 Å². The third-order valence-electron chi connectivity index (χ3n) is 4.75. The van der Waals surface area contributed by atoms with Crippen LogP contribution in [0.1, 0.15) is 46.4 Å². The van der Waals surface area contributed by atoms with Gasteiger partial charge in [0.1, 0.15) is 27.6 Å². The number of hydrogen-bond acceptors (Lipinski definition) is 7. The van der Waals surface area contributed by atoms with E-state index in [4.69, 9.17) is 4.52 Å². The molecule has 1 amide bonds. The fraction of sp³-hybridized carbons (Fsp3) is 0.368. The summed E-state index contributed by atoms with van der Waals surface area (Å²) in [6.45, 7) is 1.67. The summed E-state index contributed by atoms with van der Waals surface area (Å²) >= 11 is 1.43. The maximum atomic E-state index is 13.0. The van der Waals surface area contributed by atoms with Gasteiger partial charge in [0.15, 0.2) is 0 Å². The van der Waals surface area contributed by atoms with E-state index < -0.39 is 6.10 Å². The number of benzene rings is 1. The zero-order valence-electron chi connectivity index (χ0n) is 15.1. The van der Waals surface area contributed by atoms with Crippen molar-refractivity contribution in [2.45, 2.75) is 38.3 Å². The van der Waals surface area contributed by atoms with Gasteiger partial charge in [0.05, 0.1) is 0 Å². The molecule has 0 aliphatic heterocycles. The van der Waals surface area contributed by atoms with Crippen LogP contribution in [0.5, 0.6) is 0 Å². The molecule has 1 aromatic carbocycles. The van der Waals surface area contributed by atoms with Crippen LogP contribution in [0.15, 0.2) is 34.9 Å². The number of aliphatic hydroxyl groups is 1. The van der Waals surface area contributed by atoms with Gasteiger partial charge in [0.25, 0.3) is 5.91 Å². The lowest BCUT2D eigenvalue weighted by Crippen LogP contribution is -2.44. The molecule has 3 aromatic rings. The zero-order valence-corrected chi connectivity index (χ0v) is 15.9. The Morgan fingerprint density at radius 3 is 2.79 bits per heavy atom. The van der Waals surface area contributed by atoms with Gasteiger partial charge in [-0.05, 0) is 49.9 Å². The number of aliphatic hydroxyl groups excluding tert-OH is 1. The number of amides is 1. The smallest absolute Gasteiger partial charge is 0.290 e. The first-order valence-corrected chi connectivity index (χ1v) is 9.83. The molecule has 0 unspecified atom stereocenters. The molecule has 7 nitrogen and oxygen atoms in total. The van der Waals surface area contributed by atoms with Crippen molar-refractivity contribution in [2.24, 2.45) is 5.92 Å². The number of nitrogens with zero attached hydrogens (tertiary/aromatic N) is 3. The van der Waals surface area contributed by atoms with E-state index in [2.05, 4.69) is 20.7 Å². The maximum absolute atomic E-state index is 13.0. The Bertz CT molecular complexity index is 964. The van der Waals surface area contributed by atoms with Crippen molar-refractivity contribution >= 4 is 17.2 Å². The van der Waals surface area contributed by atoms with Crippen molar-refractivity contribution in [3.63, 3.8) is 0 Å². The van der Waals surface area contributed by atoms with E-state index in [0.717, 1.165) is 24.3 Å². The van der Waals surface area contributed by atoms with Gasteiger partial charge in [-0.2, -0.15) is 0 Å². The number of halogens is 1. The largest absolute Gasteiger partial charge is 0.386 e. The SMILES string of the molecule is C[C@@H](O)c1nnc(C[C@H]2C[C@@H](NC(=O)c3cc(-c4ccc(F)cc4)no3)C2)s1. The highest BCUT2D eigenvalue weighted by Gasteiger charge is 2.32. The fourth-order valence-electron chi connectivity index (χ4n) is 3.18. The molecular weight excluding hydrogens is 383 g/mol. The minimum Gasteiger partial charge on any atom is -0.386 e. The van der Waals surface area contributed by atoms with Crippen LogP contribution in [-0.2, 0) is 6.42 Å². The second-order valence-corrected chi connectivity index (χ2v) is 8.10. The third-order valence-corrected chi connectivity index (χ3v) is 5.86. The predicted octanol–water partition coefficient (Wildman–Crippen LogP) is 3.14. The molecule has 0 spiro atoms. The average Bonchev–Trinajstić information content (AvgIpc) is 3.30. The summed E-state index contributed by atoms with van der Waals surface area (Å²) in [6.07, 6.45) is 1.91. The highest BCUT2D eigenvalue weighted by molar-refractivity contribution is 7.11. The molecule has 1 aliphatic rings. The van der Waals surface area contributed by atoms with Crippen LogP contribution in [-0.4, -0.2) is 32.4 Å². The summed E-state index contributed by atoms with van der Waals surface area (Å²) in [4.78, 5) is 12.3. The molecule has 2 N–H and O–H groups in total. The van der Waals surface area contributed by atoms with Gasteiger partial charge < -0.3 is 14.9 Å². The van der Waals surface area contributed by atoms with Crippen LogP contribution in [0.25, 0.3) is 11.3 Å². The van der Waals surface area contributed by atoms with Crippen LogP contribution in [0.3, 0.4) is 0 Å². The Morgan fingerprint density at radius 1 is 1.36 bits per heavy atom. The van der Waals surface area contributed by atoms with Gasteiger partial charge in [-0.1, -0.05) is 16.5 Å². The molecule has 146 valence electrons. The second kappa shape index (κ2) is 7.76. The summed E-state index contributed by atoms with van der Waals surface area (Å²) in [5.41, 5.74) is 1.17. The lowest BCUT2D eigenvalue weighted by Gasteiger charge is -2.35. The number of rotatable bonds is 6. The minimum atomic E-state index is -0.596. The van der Waals surface area contributed by atoms with Crippen LogP contribution in [0.4, 0.5) is 4.39 Å². The first-order valence-electron chi connectivity index (χ1n) is 9.02. The van der Waals surface area contributed by atoms with E-state index in [0.29, 0.717) is 22.2 Å². The molecule has 1 fully saturated rings. The third kappa shape index (κ3) is 4.10. The molecule has 0 radical (unpaired) electrons. The second-order valence-electron chi connectivity index (χ2n) is 7.01. The molecule has 1 saturated carbocycles. The molecule has 2 heterocycles. The van der Waals surface area contributed by atoms with Gasteiger partial charge in [-0.25, -0.2) is 4.39 Å². The molecule has 0 bridgehead atoms. The van der Waals surface area contributed by atoms with E-state index in [1.165, 1.54) is 23.5 Å². The summed E-state index contributed by atoms with van der Waals surface area (Å²) in [7, 11) is 0. The molecule has 9 heteroatoms. The van der Waals surface area contributed by atoms with Crippen LogP contribution >= 0.6 is 11.3 Å². The van der Waals surface area contributed by atoms with Crippen molar-refractivity contribution in [2.75, 3.05) is 0 Å². The first-order chi connectivity index (χ1) is 13.5. The fourth-order valence-corrected chi connectivity index (χ4v) is 4.07. The van der Waals surface area contributed by atoms with E-state index in [-0.39, 0.29) is 23.5 Å². The first kappa shape index (κ1) is 18.7. The maximum Gasteiger partial charge on any atom is 0.290 e. The topological polar surface area (TPSA) is 101 Å². The minimum absolute atomic E-state index is 0.0843. The monoisotopic (exact) mass is 402 g/mol. The normalized spacial score (nSPS) is 19.8. The zero-order chi connectivity index (χ0) is 19.7. The molecule has 28 heavy (non-hydrogen) atoms. The lowest BCUT2D eigenvalue weighted by molar-refractivity contribution is 0.0852. The summed E-state index contributed by atoms with van der Waals surface area (Å²) in [5, 5.41) is 25.9. The molecule has 1 atom stereocenters. The van der Waals surface area contributed by atoms with Crippen LogP contribution in [0, 0.1) is 11.7 Å². The van der Waals surface area contributed by atoms with Gasteiger partial charge in [0, 0.05) is 24.1 Å². The number of nitrogens with one attached hydrogen (secondary N) is 1. The Kier molecular flexibility index (Phi) is 5.19. The number of aromatic nitrogens is 3. The molecule has 2 aromatic heterocycles. The Morgan fingerprint density at radius 2 is 2.11 bits per heavy atom.